The van der Waals surface area contributed by atoms with Crippen molar-refractivity contribution in [2.24, 2.45) is 0 Å². The fourth-order valence-corrected chi connectivity index (χ4v) is 1.25. The number of halogens is 1. The average Bonchev–Trinajstić information content (AvgIpc) is 1.97. The van der Waals surface area contributed by atoms with Crippen LogP contribution in [-0.2, 0) is 4.74 Å². The maximum absolute atomic E-state index is 12.8. The van der Waals surface area contributed by atoms with E-state index in [-0.39, 0.29) is 13.2 Å². The molecule has 2 atom stereocenters. The van der Waals surface area contributed by atoms with Crippen molar-refractivity contribution < 1.29 is 19.0 Å². The lowest BCUT2D eigenvalue weighted by Crippen LogP contribution is -2.62. The van der Waals surface area contributed by atoms with Gasteiger partial charge in [-0.2, -0.15) is 0 Å². The molecule has 1 amide bonds. The quantitative estimate of drug-likeness (QED) is 0.693. The van der Waals surface area contributed by atoms with Crippen molar-refractivity contribution in [3.63, 3.8) is 0 Å². The van der Waals surface area contributed by atoms with Crippen molar-refractivity contribution in [1.82, 2.24) is 4.90 Å². The zero-order valence-corrected chi connectivity index (χ0v) is 8.66. The van der Waals surface area contributed by atoms with E-state index >= 15 is 0 Å². The Morgan fingerprint density at radius 2 is 2.21 bits per heavy atom. The molecule has 1 saturated heterocycles. The summed E-state index contributed by atoms with van der Waals surface area (Å²) < 4.78 is 17.8. The van der Waals surface area contributed by atoms with Gasteiger partial charge >= 0.3 is 6.09 Å². The maximum Gasteiger partial charge on any atom is 0.410 e. The van der Waals surface area contributed by atoms with E-state index in [0.717, 1.165) is 0 Å². The van der Waals surface area contributed by atoms with Crippen LogP contribution in [0, 0.1) is 0 Å². The van der Waals surface area contributed by atoms with E-state index in [1.165, 1.54) is 4.90 Å². The monoisotopic (exact) mass is 205 g/mol. The average molecular weight is 205 g/mol. The molecule has 0 aromatic heterocycles. The predicted octanol–water partition coefficient (Wildman–Crippen LogP) is 0.936. The first-order valence-electron chi connectivity index (χ1n) is 4.59. The maximum atomic E-state index is 12.8. The Bertz CT molecular complexity index is 227. The number of hydrogen-bond acceptors (Lipinski definition) is 3. The predicted molar refractivity (Wildman–Crippen MR) is 48.7 cm³/mol. The van der Waals surface area contributed by atoms with Gasteiger partial charge in [0.25, 0.3) is 0 Å². The van der Waals surface area contributed by atoms with Crippen LogP contribution < -0.4 is 0 Å². The second-order valence-electron chi connectivity index (χ2n) is 4.40. The number of aliphatic hydroxyl groups excluding tert-OH is 1. The van der Waals surface area contributed by atoms with Gasteiger partial charge in [-0.1, -0.05) is 0 Å². The Morgan fingerprint density at radius 3 is 2.57 bits per heavy atom. The number of ether oxygens (including phenoxy) is 1. The number of nitrogens with zero attached hydrogens (tertiary/aromatic N) is 1. The molecule has 0 unspecified atom stereocenters. The zero-order valence-electron chi connectivity index (χ0n) is 8.66. The number of amides is 1. The molecule has 0 aliphatic carbocycles. The van der Waals surface area contributed by atoms with Crippen LogP contribution >= 0.6 is 0 Å². The van der Waals surface area contributed by atoms with Gasteiger partial charge in [-0.15, -0.1) is 0 Å². The summed E-state index contributed by atoms with van der Waals surface area (Å²) in [7, 11) is 0. The molecule has 0 spiro atoms. The van der Waals surface area contributed by atoms with E-state index in [0.29, 0.717) is 0 Å². The van der Waals surface area contributed by atoms with Crippen LogP contribution in [0.4, 0.5) is 9.18 Å². The molecule has 1 fully saturated rings. The van der Waals surface area contributed by atoms with E-state index < -0.39 is 23.9 Å². The summed E-state index contributed by atoms with van der Waals surface area (Å²) in [6.07, 6.45) is -1.70. The van der Waals surface area contributed by atoms with Gasteiger partial charge in [0.2, 0.25) is 0 Å². The molecule has 82 valence electrons. The van der Waals surface area contributed by atoms with E-state index in [1.807, 2.05) is 0 Å². The van der Waals surface area contributed by atoms with Crippen molar-refractivity contribution in [3.05, 3.63) is 0 Å². The van der Waals surface area contributed by atoms with Crippen molar-refractivity contribution in [1.29, 1.82) is 0 Å². The Balaban J connectivity index is 2.47. The topological polar surface area (TPSA) is 49.8 Å². The minimum absolute atomic E-state index is 0.0140. The number of hydrogen-bond donors (Lipinski definition) is 1. The molecule has 0 aromatic carbocycles. The molecule has 1 N–H and O–H groups in total. The zero-order chi connectivity index (χ0) is 10.9. The normalized spacial score (nSPS) is 27.1. The molecule has 0 bridgehead atoms. The highest BCUT2D eigenvalue weighted by molar-refractivity contribution is 5.70. The van der Waals surface area contributed by atoms with Gasteiger partial charge in [-0.05, 0) is 20.8 Å². The first-order valence-corrected chi connectivity index (χ1v) is 4.59. The van der Waals surface area contributed by atoms with Gasteiger partial charge in [0, 0.05) is 0 Å². The van der Waals surface area contributed by atoms with Crippen LogP contribution in [0.2, 0.25) is 0 Å². The number of carbonyl (C=O) groups is 1. The number of rotatable bonds is 1. The smallest absolute Gasteiger partial charge is 0.410 e. The number of aliphatic hydroxyl groups is 1. The van der Waals surface area contributed by atoms with Crippen LogP contribution in [0.5, 0.6) is 0 Å². The second kappa shape index (κ2) is 3.73. The molecule has 1 heterocycles. The molecule has 14 heavy (non-hydrogen) atoms. The lowest BCUT2D eigenvalue weighted by Gasteiger charge is -2.42. The number of alkyl halides is 1. The standard InChI is InChI=1S/C9H16FNO3/c1-9(2,3)14-8(13)11-4-6(10)7(11)5-12/h6-7,12H,4-5H2,1-3H3/t6-,7-/m1/s1. The highest BCUT2D eigenvalue weighted by Crippen LogP contribution is 2.23. The summed E-state index contributed by atoms with van der Waals surface area (Å²) in [4.78, 5) is 12.6. The van der Waals surface area contributed by atoms with E-state index in [4.69, 9.17) is 9.84 Å². The highest BCUT2D eigenvalue weighted by Gasteiger charge is 2.43. The second-order valence-corrected chi connectivity index (χ2v) is 4.40. The Kier molecular flexibility index (Phi) is 2.99. The Hall–Kier alpha value is -0.840. The van der Waals surface area contributed by atoms with Crippen molar-refractivity contribution in [2.75, 3.05) is 13.2 Å². The van der Waals surface area contributed by atoms with Gasteiger partial charge < -0.3 is 9.84 Å². The molecule has 1 aliphatic heterocycles. The summed E-state index contributed by atoms with van der Waals surface area (Å²) in [6.45, 7) is 4.88. The molecule has 1 rings (SSSR count). The molecule has 4 nitrogen and oxygen atoms in total. The third kappa shape index (κ3) is 2.35. The van der Waals surface area contributed by atoms with E-state index in [2.05, 4.69) is 0 Å². The number of likely N-dealkylation sites (tertiary alicyclic amines) is 1. The highest BCUT2D eigenvalue weighted by atomic mass is 19.1. The molecular formula is C9H16FNO3. The fourth-order valence-electron chi connectivity index (χ4n) is 1.25. The molecule has 0 saturated carbocycles. The van der Waals surface area contributed by atoms with Crippen LogP contribution in [0.1, 0.15) is 20.8 Å². The third-order valence-corrected chi connectivity index (χ3v) is 2.00. The molecule has 0 radical (unpaired) electrons. The van der Waals surface area contributed by atoms with Crippen molar-refractivity contribution >= 4 is 6.09 Å². The van der Waals surface area contributed by atoms with E-state index in [9.17, 15) is 9.18 Å². The summed E-state index contributed by atoms with van der Waals surface area (Å²) >= 11 is 0. The summed E-state index contributed by atoms with van der Waals surface area (Å²) in [5.74, 6) is 0. The van der Waals surface area contributed by atoms with Gasteiger partial charge in [0.15, 0.2) is 0 Å². The van der Waals surface area contributed by atoms with Crippen LogP contribution in [0.25, 0.3) is 0 Å². The van der Waals surface area contributed by atoms with Crippen molar-refractivity contribution in [2.45, 2.75) is 38.6 Å². The SMILES string of the molecule is CC(C)(C)OC(=O)N1C[C@@H](F)[C@H]1CO. The molecule has 1 aliphatic rings. The summed E-state index contributed by atoms with van der Waals surface area (Å²) in [6, 6.07) is -0.732. The summed E-state index contributed by atoms with van der Waals surface area (Å²) in [5.41, 5.74) is -0.585. The fraction of sp³-hybridized carbons (Fsp3) is 0.889. The minimum Gasteiger partial charge on any atom is -0.444 e. The number of carbonyl (C=O) groups excluding carboxylic acids is 1. The Labute approximate surface area is 82.6 Å². The van der Waals surface area contributed by atoms with Crippen LogP contribution in [0.15, 0.2) is 0 Å². The molecule has 5 heteroatoms. The van der Waals surface area contributed by atoms with E-state index in [1.54, 1.807) is 20.8 Å². The van der Waals surface area contributed by atoms with Gasteiger partial charge in [-0.25, -0.2) is 9.18 Å². The third-order valence-electron chi connectivity index (χ3n) is 2.00. The molecule has 0 aromatic rings. The lowest BCUT2D eigenvalue weighted by atomic mass is 10.0. The largest absolute Gasteiger partial charge is 0.444 e. The van der Waals surface area contributed by atoms with Crippen molar-refractivity contribution in [3.8, 4) is 0 Å². The first kappa shape index (κ1) is 11.2. The van der Waals surface area contributed by atoms with Gasteiger partial charge in [0.1, 0.15) is 11.8 Å². The lowest BCUT2D eigenvalue weighted by molar-refractivity contribution is -0.0556. The molecular weight excluding hydrogens is 189 g/mol. The first-order chi connectivity index (χ1) is 6.35. The van der Waals surface area contributed by atoms with Crippen LogP contribution in [-0.4, -0.2) is 47.1 Å². The summed E-state index contributed by atoms with van der Waals surface area (Å²) in [5, 5.41) is 8.78. The Morgan fingerprint density at radius 1 is 1.64 bits per heavy atom. The minimum atomic E-state index is -1.13. The van der Waals surface area contributed by atoms with Gasteiger partial charge in [0.05, 0.1) is 19.2 Å². The van der Waals surface area contributed by atoms with Gasteiger partial charge in [-0.3, -0.25) is 4.90 Å². The van der Waals surface area contributed by atoms with Crippen LogP contribution in [0.3, 0.4) is 0 Å².